The van der Waals surface area contributed by atoms with Crippen LogP contribution >= 0.6 is 12.2 Å². The van der Waals surface area contributed by atoms with Crippen LogP contribution in [0.1, 0.15) is 49.0 Å². The van der Waals surface area contributed by atoms with Crippen molar-refractivity contribution in [1.82, 2.24) is 24.6 Å². The van der Waals surface area contributed by atoms with Crippen LogP contribution in [0, 0.1) is 18.6 Å². The van der Waals surface area contributed by atoms with E-state index in [0.717, 1.165) is 36.5 Å². The molecule has 3 heterocycles. The Balaban J connectivity index is 1.87. The third kappa shape index (κ3) is 3.10. The van der Waals surface area contributed by atoms with Gasteiger partial charge >= 0.3 is 0 Å². The van der Waals surface area contributed by atoms with E-state index in [-0.39, 0.29) is 11.1 Å². The lowest BCUT2D eigenvalue weighted by Gasteiger charge is -2.28. The highest BCUT2D eigenvalue weighted by Gasteiger charge is 2.24. The maximum absolute atomic E-state index is 12.2. The van der Waals surface area contributed by atoms with Crippen LogP contribution in [0.25, 0.3) is 0 Å². The number of aromatic amines is 2. The molecule has 1 aliphatic heterocycles. The van der Waals surface area contributed by atoms with E-state index in [9.17, 15) is 4.79 Å². The van der Waals surface area contributed by atoms with Crippen LogP contribution in [-0.2, 0) is 25.0 Å². The minimum absolute atomic E-state index is 0.0342. The summed E-state index contributed by atoms with van der Waals surface area (Å²) in [7, 11) is 0. The Kier molecular flexibility index (Phi) is 4.25. The number of fused-ring (bicyclic) bond motifs is 1. The number of rotatable bonds is 2. The summed E-state index contributed by atoms with van der Waals surface area (Å²) >= 11 is 5.06. The molecule has 0 fully saturated rings. The van der Waals surface area contributed by atoms with Crippen molar-refractivity contribution < 1.29 is 0 Å². The van der Waals surface area contributed by atoms with Crippen molar-refractivity contribution in [2.24, 2.45) is 0 Å². The lowest BCUT2D eigenvalue weighted by Crippen LogP contribution is -2.35. The van der Waals surface area contributed by atoms with Gasteiger partial charge in [-0.1, -0.05) is 0 Å². The number of nitrogens with one attached hydrogen (secondary N) is 2. The Morgan fingerprint density at radius 2 is 1.96 bits per heavy atom. The quantitative estimate of drug-likeness (QED) is 0.819. The monoisotopic (exact) mass is 347 g/mol. The van der Waals surface area contributed by atoms with Gasteiger partial charge in [-0.25, -0.2) is 0 Å². The molecule has 0 amide bonds. The summed E-state index contributed by atoms with van der Waals surface area (Å²) in [5, 5.41) is 4.72. The Bertz CT molecular complexity index is 884. The summed E-state index contributed by atoms with van der Waals surface area (Å²) in [6, 6.07) is 0. The maximum atomic E-state index is 12.2. The summed E-state index contributed by atoms with van der Waals surface area (Å²) in [5.41, 5.74) is 5.19. The van der Waals surface area contributed by atoms with E-state index < -0.39 is 0 Å². The zero-order chi connectivity index (χ0) is 17.6. The molecule has 0 atom stereocenters. The number of aromatic nitrogens is 4. The van der Waals surface area contributed by atoms with Gasteiger partial charge in [-0.3, -0.25) is 19.4 Å². The predicted octanol–water partition coefficient (Wildman–Crippen LogP) is 2.56. The molecule has 1 aliphatic rings. The van der Waals surface area contributed by atoms with Gasteiger partial charge in [-0.2, -0.15) is 5.10 Å². The van der Waals surface area contributed by atoms with E-state index in [4.69, 9.17) is 17.3 Å². The van der Waals surface area contributed by atoms with Gasteiger partial charge in [0.15, 0.2) is 4.77 Å². The van der Waals surface area contributed by atoms with E-state index in [0.29, 0.717) is 11.3 Å². The molecule has 0 unspecified atom stereocenters. The van der Waals surface area contributed by atoms with Crippen molar-refractivity contribution in [1.29, 1.82) is 0 Å². The second-order valence-corrected chi connectivity index (χ2v) is 7.97. The molecule has 0 bridgehead atoms. The SMILES string of the molecule is Cc1nn(C(C)(C)C)c(C)c1CN1CCc2[nH]c(=S)[nH]c(=O)c2C1. The first-order valence-corrected chi connectivity index (χ1v) is 8.70. The first kappa shape index (κ1) is 17.1. The van der Waals surface area contributed by atoms with Crippen LogP contribution in [0.3, 0.4) is 0 Å². The van der Waals surface area contributed by atoms with Crippen LogP contribution in [0.5, 0.6) is 0 Å². The highest BCUT2D eigenvalue weighted by atomic mass is 32.1. The number of aryl methyl sites for hydroxylation is 1. The van der Waals surface area contributed by atoms with Crippen molar-refractivity contribution in [2.45, 2.75) is 59.7 Å². The van der Waals surface area contributed by atoms with Gasteiger partial charge in [-0.15, -0.1) is 0 Å². The summed E-state index contributed by atoms with van der Waals surface area (Å²) in [6.45, 7) is 13.0. The maximum Gasteiger partial charge on any atom is 0.256 e. The van der Waals surface area contributed by atoms with Crippen molar-refractivity contribution in [3.05, 3.63) is 43.3 Å². The molecule has 0 spiro atoms. The fourth-order valence-electron chi connectivity index (χ4n) is 3.43. The fraction of sp³-hybridized carbons (Fsp3) is 0.588. The standard InChI is InChI=1S/C17H25N5OS/c1-10-12(11(2)22(20-10)17(3,4)5)8-21-7-6-14-13(9-21)15(23)19-16(24)18-14/h6-9H2,1-5H3,(H2,18,19,23,24). The molecule has 0 saturated carbocycles. The van der Waals surface area contributed by atoms with Gasteiger partial charge in [0.05, 0.1) is 16.8 Å². The molecule has 6 nitrogen and oxygen atoms in total. The Morgan fingerprint density at radius 3 is 2.58 bits per heavy atom. The second kappa shape index (κ2) is 5.97. The van der Waals surface area contributed by atoms with Gasteiger partial charge < -0.3 is 4.98 Å². The predicted molar refractivity (Wildman–Crippen MR) is 96.8 cm³/mol. The molecule has 2 N–H and O–H groups in total. The van der Waals surface area contributed by atoms with Gasteiger partial charge in [0.25, 0.3) is 5.56 Å². The van der Waals surface area contributed by atoms with Crippen LogP contribution in [0.2, 0.25) is 0 Å². The zero-order valence-corrected chi connectivity index (χ0v) is 15.8. The van der Waals surface area contributed by atoms with Crippen molar-refractivity contribution in [3.63, 3.8) is 0 Å². The first-order chi connectivity index (χ1) is 11.2. The van der Waals surface area contributed by atoms with Crippen LogP contribution in [0.4, 0.5) is 0 Å². The topological polar surface area (TPSA) is 69.7 Å². The number of hydrogen-bond donors (Lipinski definition) is 2. The first-order valence-electron chi connectivity index (χ1n) is 8.29. The Labute approximate surface area is 146 Å². The third-order valence-electron chi connectivity index (χ3n) is 4.65. The molecule has 24 heavy (non-hydrogen) atoms. The van der Waals surface area contributed by atoms with Gasteiger partial charge in [0, 0.05) is 43.0 Å². The third-order valence-corrected chi connectivity index (χ3v) is 4.85. The van der Waals surface area contributed by atoms with Crippen LogP contribution in [-0.4, -0.2) is 31.2 Å². The van der Waals surface area contributed by atoms with E-state index in [1.165, 1.54) is 11.3 Å². The van der Waals surface area contributed by atoms with Crippen LogP contribution < -0.4 is 5.56 Å². The second-order valence-electron chi connectivity index (χ2n) is 7.56. The van der Waals surface area contributed by atoms with Gasteiger partial charge in [-0.05, 0) is 46.8 Å². The molecule has 130 valence electrons. The largest absolute Gasteiger partial charge is 0.335 e. The lowest BCUT2D eigenvalue weighted by atomic mass is 10.1. The Hall–Kier alpha value is -1.73. The minimum Gasteiger partial charge on any atom is -0.335 e. The van der Waals surface area contributed by atoms with Gasteiger partial charge in [0.2, 0.25) is 0 Å². The molecule has 2 aromatic heterocycles. The number of nitrogens with zero attached hydrogens (tertiary/aromatic N) is 3. The van der Waals surface area contributed by atoms with E-state index in [2.05, 4.69) is 54.2 Å². The molecule has 0 radical (unpaired) electrons. The number of hydrogen-bond acceptors (Lipinski definition) is 4. The zero-order valence-electron chi connectivity index (χ0n) is 15.0. The molecule has 0 saturated heterocycles. The summed E-state index contributed by atoms with van der Waals surface area (Å²) in [5.74, 6) is 0. The fourth-order valence-corrected chi connectivity index (χ4v) is 3.64. The molecule has 0 aromatic carbocycles. The average molecular weight is 347 g/mol. The lowest BCUT2D eigenvalue weighted by molar-refractivity contribution is 0.240. The summed E-state index contributed by atoms with van der Waals surface area (Å²) in [4.78, 5) is 20.3. The molecule has 0 aliphatic carbocycles. The molecular formula is C17H25N5OS. The van der Waals surface area contributed by atoms with Crippen molar-refractivity contribution in [3.8, 4) is 0 Å². The van der Waals surface area contributed by atoms with Crippen LogP contribution in [0.15, 0.2) is 4.79 Å². The van der Waals surface area contributed by atoms with E-state index in [1.54, 1.807) is 0 Å². The number of H-pyrrole nitrogens is 2. The molecular weight excluding hydrogens is 322 g/mol. The summed E-state index contributed by atoms with van der Waals surface area (Å²) in [6.07, 6.45) is 0.814. The molecule has 3 rings (SSSR count). The summed E-state index contributed by atoms with van der Waals surface area (Å²) < 4.78 is 2.50. The molecule has 2 aromatic rings. The van der Waals surface area contributed by atoms with E-state index >= 15 is 0 Å². The van der Waals surface area contributed by atoms with Crippen molar-refractivity contribution in [2.75, 3.05) is 6.54 Å². The smallest absolute Gasteiger partial charge is 0.256 e. The average Bonchev–Trinajstić information content (AvgIpc) is 2.76. The normalized spacial score (nSPS) is 15.5. The Morgan fingerprint density at radius 1 is 1.25 bits per heavy atom. The minimum atomic E-state index is -0.0720. The highest BCUT2D eigenvalue weighted by molar-refractivity contribution is 7.71. The molecule has 7 heteroatoms. The highest BCUT2D eigenvalue weighted by Crippen LogP contribution is 2.24. The van der Waals surface area contributed by atoms with Crippen molar-refractivity contribution >= 4 is 12.2 Å². The van der Waals surface area contributed by atoms with E-state index in [1.807, 2.05) is 0 Å². The van der Waals surface area contributed by atoms with Gasteiger partial charge in [0.1, 0.15) is 0 Å².